The molecule has 7 nitrogen and oxygen atoms in total. The monoisotopic (exact) mass is 400 g/mol. The fraction of sp³-hybridized carbons (Fsp3) is 0.773. The van der Waals surface area contributed by atoms with Gasteiger partial charge in [-0.25, -0.2) is 4.98 Å². The molecule has 4 aliphatic rings. The molecule has 158 valence electrons. The molecule has 0 radical (unpaired) electrons. The van der Waals surface area contributed by atoms with Gasteiger partial charge in [0, 0.05) is 51.2 Å². The number of hydrogen-bond donors (Lipinski definition) is 1. The van der Waals surface area contributed by atoms with Crippen LogP contribution in [0.2, 0.25) is 0 Å². The van der Waals surface area contributed by atoms with Gasteiger partial charge < -0.3 is 14.6 Å². The van der Waals surface area contributed by atoms with E-state index >= 15 is 0 Å². The molecule has 4 heterocycles. The molecule has 3 aliphatic heterocycles. The van der Waals surface area contributed by atoms with Gasteiger partial charge in [-0.3, -0.25) is 14.5 Å². The van der Waals surface area contributed by atoms with Gasteiger partial charge in [-0.2, -0.15) is 0 Å². The molecule has 0 bridgehead atoms. The molecule has 29 heavy (non-hydrogen) atoms. The molecule has 0 spiro atoms. The van der Waals surface area contributed by atoms with E-state index in [1.54, 1.807) is 0 Å². The first-order chi connectivity index (χ1) is 14.2. The first kappa shape index (κ1) is 19.2. The van der Waals surface area contributed by atoms with Crippen molar-refractivity contribution in [2.75, 3.05) is 26.3 Å². The minimum absolute atomic E-state index is 0.0121. The average molecular weight is 401 g/mol. The highest BCUT2D eigenvalue weighted by atomic mass is 16.5. The van der Waals surface area contributed by atoms with Crippen LogP contribution in [-0.2, 0) is 22.5 Å². The number of nitrogens with zero attached hydrogens (tertiary/aromatic N) is 3. The Morgan fingerprint density at radius 1 is 1.03 bits per heavy atom. The topological polar surface area (TPSA) is 78.5 Å². The van der Waals surface area contributed by atoms with Crippen LogP contribution in [0.4, 0.5) is 0 Å². The summed E-state index contributed by atoms with van der Waals surface area (Å²) < 4.78 is 5.48. The Morgan fingerprint density at radius 2 is 1.83 bits per heavy atom. The Morgan fingerprint density at radius 3 is 2.62 bits per heavy atom. The number of nitrogens with one attached hydrogen (secondary N) is 1. The number of rotatable bonds is 3. The Labute approximate surface area is 171 Å². The second-order valence-corrected chi connectivity index (χ2v) is 9.11. The number of H-pyrrole nitrogens is 1. The zero-order chi connectivity index (χ0) is 19.8. The Balaban J connectivity index is 1.35. The number of fused-ring (bicyclic) bond motifs is 1. The average Bonchev–Trinajstić information content (AvgIpc) is 3.46. The van der Waals surface area contributed by atoms with Gasteiger partial charge in [-0.05, 0) is 38.5 Å². The van der Waals surface area contributed by atoms with Crippen molar-refractivity contribution >= 4 is 5.91 Å². The van der Waals surface area contributed by atoms with Gasteiger partial charge in [0.2, 0.25) is 5.91 Å². The van der Waals surface area contributed by atoms with E-state index in [0.717, 1.165) is 95.3 Å². The van der Waals surface area contributed by atoms with Crippen molar-refractivity contribution in [3.63, 3.8) is 0 Å². The second-order valence-electron chi connectivity index (χ2n) is 9.11. The molecule has 1 aromatic rings. The molecule has 1 N–H and O–H groups in total. The van der Waals surface area contributed by atoms with E-state index in [9.17, 15) is 9.59 Å². The van der Waals surface area contributed by atoms with E-state index in [-0.39, 0.29) is 23.4 Å². The van der Waals surface area contributed by atoms with Crippen LogP contribution < -0.4 is 5.56 Å². The van der Waals surface area contributed by atoms with E-state index in [4.69, 9.17) is 9.72 Å². The maximum Gasteiger partial charge on any atom is 0.255 e. The molecule has 5 rings (SSSR count). The van der Waals surface area contributed by atoms with E-state index in [0.29, 0.717) is 18.4 Å². The summed E-state index contributed by atoms with van der Waals surface area (Å²) in [6.07, 6.45) is 9.12. The van der Waals surface area contributed by atoms with Crippen molar-refractivity contribution in [2.45, 2.75) is 76.4 Å². The standard InChI is InChI=1S/C22H32N4O3/c27-21-17-14-25(16-8-12-29-13-9-16)11-7-18(17)23-20(24-21)19-6-3-10-26(19)22(28)15-4-1-2-5-15/h15-16,19H,1-14H2,(H,23,24,27)/t19-/m1/s1. The predicted molar refractivity (Wildman–Crippen MR) is 108 cm³/mol. The van der Waals surface area contributed by atoms with Crippen molar-refractivity contribution in [2.24, 2.45) is 5.92 Å². The lowest BCUT2D eigenvalue weighted by atomic mass is 10.0. The smallest absolute Gasteiger partial charge is 0.255 e. The third-order valence-corrected chi connectivity index (χ3v) is 7.38. The van der Waals surface area contributed by atoms with Gasteiger partial charge in [0.05, 0.1) is 17.3 Å². The van der Waals surface area contributed by atoms with Crippen LogP contribution in [0.25, 0.3) is 0 Å². The van der Waals surface area contributed by atoms with E-state index in [2.05, 4.69) is 9.88 Å². The van der Waals surface area contributed by atoms with E-state index in [1.165, 1.54) is 0 Å². The molecule has 3 fully saturated rings. The van der Waals surface area contributed by atoms with Crippen molar-refractivity contribution in [1.82, 2.24) is 19.8 Å². The maximum absolute atomic E-state index is 13.0. The van der Waals surface area contributed by atoms with E-state index in [1.807, 2.05) is 4.90 Å². The lowest BCUT2D eigenvalue weighted by molar-refractivity contribution is -0.136. The molecule has 0 unspecified atom stereocenters. The van der Waals surface area contributed by atoms with Gasteiger partial charge >= 0.3 is 0 Å². The summed E-state index contributed by atoms with van der Waals surface area (Å²) in [5, 5.41) is 0. The van der Waals surface area contributed by atoms with Crippen molar-refractivity contribution < 1.29 is 9.53 Å². The number of carbonyl (C=O) groups is 1. The van der Waals surface area contributed by atoms with Crippen LogP contribution >= 0.6 is 0 Å². The quantitative estimate of drug-likeness (QED) is 0.841. The van der Waals surface area contributed by atoms with Crippen LogP contribution in [0.1, 0.15) is 74.5 Å². The highest BCUT2D eigenvalue weighted by molar-refractivity contribution is 5.79. The lowest BCUT2D eigenvalue weighted by Gasteiger charge is -2.37. The first-order valence-corrected chi connectivity index (χ1v) is 11.4. The number of hydrogen-bond acceptors (Lipinski definition) is 5. The summed E-state index contributed by atoms with van der Waals surface area (Å²) in [5.41, 5.74) is 1.74. The Kier molecular flexibility index (Phi) is 5.43. The highest BCUT2D eigenvalue weighted by Gasteiger charge is 2.37. The Hall–Kier alpha value is -1.73. The zero-order valence-electron chi connectivity index (χ0n) is 17.2. The van der Waals surface area contributed by atoms with Crippen molar-refractivity contribution in [3.05, 3.63) is 27.4 Å². The largest absolute Gasteiger partial charge is 0.381 e. The molecule has 1 amide bonds. The molecule has 0 aromatic carbocycles. The van der Waals surface area contributed by atoms with Crippen LogP contribution in [0, 0.1) is 5.92 Å². The SMILES string of the molecule is O=C(C1CCCC1)N1CCC[C@@H]1c1nc2c(c(=O)[nH]1)CN(C1CCOCC1)CC2. The normalized spacial score (nSPS) is 26.8. The predicted octanol–water partition coefficient (Wildman–Crippen LogP) is 2.16. The Bertz CT molecular complexity index is 811. The van der Waals surface area contributed by atoms with E-state index < -0.39 is 0 Å². The van der Waals surface area contributed by atoms with Crippen molar-refractivity contribution in [3.8, 4) is 0 Å². The molecule has 1 aliphatic carbocycles. The summed E-state index contributed by atoms with van der Waals surface area (Å²) in [6, 6.07) is 0.444. The fourth-order valence-electron chi connectivity index (χ4n) is 5.71. The summed E-state index contributed by atoms with van der Waals surface area (Å²) >= 11 is 0. The van der Waals surface area contributed by atoms with Gasteiger partial charge in [0.15, 0.2) is 0 Å². The number of amides is 1. The molecule has 1 atom stereocenters. The summed E-state index contributed by atoms with van der Waals surface area (Å²) in [5.74, 6) is 1.15. The number of ether oxygens (including phenoxy) is 1. The van der Waals surface area contributed by atoms with Crippen LogP contribution in [0.3, 0.4) is 0 Å². The molecule has 1 aromatic heterocycles. The zero-order valence-corrected chi connectivity index (χ0v) is 17.2. The third-order valence-electron chi connectivity index (χ3n) is 7.38. The summed E-state index contributed by atoms with van der Waals surface area (Å²) in [7, 11) is 0. The molecular weight excluding hydrogens is 368 g/mol. The van der Waals surface area contributed by atoms with Crippen LogP contribution in [0.15, 0.2) is 4.79 Å². The van der Waals surface area contributed by atoms with Crippen LogP contribution in [-0.4, -0.2) is 58.0 Å². The molecule has 1 saturated carbocycles. The summed E-state index contributed by atoms with van der Waals surface area (Å²) in [4.78, 5) is 38.3. The van der Waals surface area contributed by atoms with Crippen LogP contribution in [0.5, 0.6) is 0 Å². The van der Waals surface area contributed by atoms with Gasteiger partial charge in [0.25, 0.3) is 5.56 Å². The number of aromatic nitrogens is 2. The molecule has 7 heteroatoms. The van der Waals surface area contributed by atoms with Gasteiger partial charge in [-0.15, -0.1) is 0 Å². The first-order valence-electron chi connectivity index (χ1n) is 11.4. The van der Waals surface area contributed by atoms with Gasteiger partial charge in [0.1, 0.15) is 5.82 Å². The fourth-order valence-corrected chi connectivity index (χ4v) is 5.71. The minimum atomic E-state index is -0.0605. The number of carbonyl (C=O) groups excluding carboxylic acids is 1. The molecule has 2 saturated heterocycles. The van der Waals surface area contributed by atoms with Crippen molar-refractivity contribution in [1.29, 1.82) is 0 Å². The number of aromatic amines is 1. The third kappa shape index (κ3) is 3.75. The minimum Gasteiger partial charge on any atom is -0.381 e. The lowest BCUT2D eigenvalue weighted by Crippen LogP contribution is -2.45. The maximum atomic E-state index is 13.0. The van der Waals surface area contributed by atoms with Gasteiger partial charge in [-0.1, -0.05) is 12.8 Å². The molecular formula is C22H32N4O3. The second kappa shape index (κ2) is 8.19. The summed E-state index contributed by atoms with van der Waals surface area (Å²) in [6.45, 7) is 4.04. The highest BCUT2D eigenvalue weighted by Crippen LogP contribution is 2.35. The number of likely N-dealkylation sites (tertiary alicyclic amines) is 1.